The molecule has 0 aliphatic rings. The molecule has 2 rings (SSSR count). The van der Waals surface area contributed by atoms with Crippen molar-refractivity contribution in [1.29, 1.82) is 0 Å². The first kappa shape index (κ1) is 13.3. The number of hydrogen-bond acceptors (Lipinski definition) is 4. The van der Waals surface area contributed by atoms with Crippen LogP contribution in [0.3, 0.4) is 0 Å². The van der Waals surface area contributed by atoms with Gasteiger partial charge in [0.05, 0.1) is 18.3 Å². The van der Waals surface area contributed by atoms with E-state index in [1.807, 2.05) is 0 Å². The molecule has 0 radical (unpaired) electrons. The van der Waals surface area contributed by atoms with Crippen molar-refractivity contribution >= 4 is 21.4 Å². The topological polar surface area (TPSA) is 91.9 Å². The van der Waals surface area contributed by atoms with E-state index in [9.17, 15) is 13.2 Å². The monoisotopic (exact) mass is 279 g/mol. The van der Waals surface area contributed by atoms with Crippen LogP contribution in [0.5, 0.6) is 0 Å². The first-order valence-corrected chi connectivity index (χ1v) is 7.57. The Bertz CT molecular complexity index is 678. The van der Waals surface area contributed by atoms with Crippen molar-refractivity contribution in [3.8, 4) is 0 Å². The standard InChI is InChI=1S/C12H13N3O3S/c1-19(17,18)7-9-4-2-3-5-10(9)15-12(16)11-6-13-8-14-11/h2-6,8H,7H2,1H3,(H,13,14)(H,15,16). The maximum absolute atomic E-state index is 11.9. The van der Waals surface area contributed by atoms with Gasteiger partial charge < -0.3 is 10.3 Å². The number of nitrogens with zero attached hydrogens (tertiary/aromatic N) is 1. The van der Waals surface area contributed by atoms with Crippen molar-refractivity contribution in [2.24, 2.45) is 0 Å². The average Bonchev–Trinajstić information content (AvgIpc) is 2.83. The summed E-state index contributed by atoms with van der Waals surface area (Å²) < 4.78 is 22.7. The zero-order chi connectivity index (χ0) is 13.9. The summed E-state index contributed by atoms with van der Waals surface area (Å²) in [7, 11) is -3.16. The van der Waals surface area contributed by atoms with Crippen molar-refractivity contribution in [1.82, 2.24) is 9.97 Å². The molecule has 0 unspecified atom stereocenters. The summed E-state index contributed by atoms with van der Waals surface area (Å²) in [5.41, 5.74) is 1.35. The van der Waals surface area contributed by atoms with Gasteiger partial charge in [-0.15, -0.1) is 0 Å². The highest BCUT2D eigenvalue weighted by atomic mass is 32.2. The van der Waals surface area contributed by atoms with Crippen LogP contribution < -0.4 is 5.32 Å². The molecule has 0 saturated carbocycles. The second-order valence-corrected chi connectivity index (χ2v) is 6.29. The normalized spacial score (nSPS) is 11.2. The van der Waals surface area contributed by atoms with Crippen molar-refractivity contribution < 1.29 is 13.2 Å². The SMILES string of the molecule is CS(=O)(=O)Cc1ccccc1NC(=O)c1cnc[nH]1. The highest BCUT2D eigenvalue weighted by Crippen LogP contribution is 2.18. The van der Waals surface area contributed by atoms with E-state index in [0.717, 1.165) is 6.26 Å². The molecular weight excluding hydrogens is 266 g/mol. The highest BCUT2D eigenvalue weighted by Gasteiger charge is 2.12. The van der Waals surface area contributed by atoms with E-state index >= 15 is 0 Å². The van der Waals surface area contributed by atoms with Gasteiger partial charge >= 0.3 is 0 Å². The minimum absolute atomic E-state index is 0.119. The predicted octanol–water partition coefficient (Wildman–Crippen LogP) is 1.21. The Morgan fingerprint density at radius 3 is 2.74 bits per heavy atom. The number of nitrogens with one attached hydrogen (secondary N) is 2. The summed E-state index contributed by atoms with van der Waals surface area (Å²) in [4.78, 5) is 18.3. The van der Waals surface area contributed by atoms with Crippen LogP contribution in [0, 0.1) is 0 Å². The van der Waals surface area contributed by atoms with Gasteiger partial charge in [0.25, 0.3) is 5.91 Å². The molecule has 0 atom stereocenters. The Kier molecular flexibility index (Phi) is 3.66. The molecule has 0 saturated heterocycles. The number of para-hydroxylation sites is 1. The lowest BCUT2D eigenvalue weighted by atomic mass is 10.2. The second-order valence-electron chi connectivity index (χ2n) is 4.15. The molecule has 6 nitrogen and oxygen atoms in total. The van der Waals surface area contributed by atoms with Crippen LogP contribution in [0.25, 0.3) is 0 Å². The van der Waals surface area contributed by atoms with Crippen LogP contribution in [0.4, 0.5) is 5.69 Å². The molecular formula is C12H13N3O3S. The number of imidazole rings is 1. The summed E-state index contributed by atoms with van der Waals surface area (Å²) in [5.74, 6) is -0.481. The molecule has 1 amide bonds. The van der Waals surface area contributed by atoms with Crippen LogP contribution in [-0.4, -0.2) is 30.5 Å². The van der Waals surface area contributed by atoms with Crippen molar-refractivity contribution in [3.63, 3.8) is 0 Å². The van der Waals surface area contributed by atoms with E-state index in [2.05, 4.69) is 15.3 Å². The first-order chi connectivity index (χ1) is 8.96. The lowest BCUT2D eigenvalue weighted by Gasteiger charge is -2.09. The maximum atomic E-state index is 11.9. The van der Waals surface area contributed by atoms with E-state index in [-0.39, 0.29) is 11.7 Å². The third kappa shape index (κ3) is 3.65. The highest BCUT2D eigenvalue weighted by molar-refractivity contribution is 7.89. The smallest absolute Gasteiger partial charge is 0.273 e. The number of carbonyl (C=O) groups is 1. The summed E-state index contributed by atoms with van der Waals surface area (Å²) >= 11 is 0. The Hall–Kier alpha value is -2.15. The fourth-order valence-corrected chi connectivity index (χ4v) is 2.44. The number of sulfone groups is 1. The molecule has 7 heteroatoms. The lowest BCUT2D eigenvalue weighted by molar-refractivity contribution is 0.102. The van der Waals surface area contributed by atoms with Gasteiger partial charge in [0, 0.05) is 11.9 Å². The third-order valence-corrected chi connectivity index (χ3v) is 3.26. The molecule has 1 aromatic carbocycles. The molecule has 19 heavy (non-hydrogen) atoms. The maximum Gasteiger partial charge on any atom is 0.273 e. The van der Waals surface area contributed by atoms with Crippen LogP contribution >= 0.6 is 0 Å². The molecule has 2 aromatic rings. The number of aromatic nitrogens is 2. The largest absolute Gasteiger partial charge is 0.341 e. The zero-order valence-corrected chi connectivity index (χ0v) is 11.1. The van der Waals surface area contributed by atoms with E-state index in [1.54, 1.807) is 24.3 Å². The molecule has 0 fully saturated rings. The van der Waals surface area contributed by atoms with Gasteiger partial charge in [-0.1, -0.05) is 18.2 Å². The van der Waals surface area contributed by atoms with E-state index < -0.39 is 9.84 Å². The number of benzene rings is 1. The number of rotatable bonds is 4. The third-order valence-electron chi connectivity index (χ3n) is 2.43. The Labute approximate surface area is 110 Å². The van der Waals surface area contributed by atoms with E-state index in [1.165, 1.54) is 12.5 Å². The van der Waals surface area contributed by atoms with Crippen LogP contribution in [0.1, 0.15) is 16.1 Å². The number of anilines is 1. The predicted molar refractivity (Wildman–Crippen MR) is 71.5 cm³/mol. The Morgan fingerprint density at radius 1 is 1.37 bits per heavy atom. The summed E-state index contributed by atoms with van der Waals surface area (Å²) in [6.45, 7) is 0. The fourth-order valence-electron chi connectivity index (χ4n) is 1.62. The van der Waals surface area contributed by atoms with E-state index in [0.29, 0.717) is 16.9 Å². The number of H-pyrrole nitrogens is 1. The van der Waals surface area contributed by atoms with Crippen LogP contribution in [0.2, 0.25) is 0 Å². The number of hydrogen-bond donors (Lipinski definition) is 2. The molecule has 0 bridgehead atoms. The Balaban J connectivity index is 2.23. The van der Waals surface area contributed by atoms with Gasteiger partial charge in [-0.05, 0) is 11.6 Å². The minimum Gasteiger partial charge on any atom is -0.341 e. The summed E-state index contributed by atoms with van der Waals surface area (Å²) in [6.07, 6.45) is 3.95. The van der Waals surface area contributed by atoms with Crippen LogP contribution in [-0.2, 0) is 15.6 Å². The molecule has 0 aliphatic carbocycles. The van der Waals surface area contributed by atoms with E-state index in [4.69, 9.17) is 0 Å². The van der Waals surface area contributed by atoms with Gasteiger partial charge in [0.2, 0.25) is 0 Å². The van der Waals surface area contributed by atoms with Gasteiger partial charge in [-0.25, -0.2) is 13.4 Å². The molecule has 0 spiro atoms. The van der Waals surface area contributed by atoms with Gasteiger partial charge in [0.1, 0.15) is 5.69 Å². The zero-order valence-electron chi connectivity index (χ0n) is 10.3. The first-order valence-electron chi connectivity index (χ1n) is 5.51. The lowest BCUT2D eigenvalue weighted by Crippen LogP contribution is -2.14. The molecule has 1 heterocycles. The number of aromatic amines is 1. The average molecular weight is 279 g/mol. The molecule has 100 valence electrons. The van der Waals surface area contributed by atoms with Crippen LogP contribution in [0.15, 0.2) is 36.8 Å². The molecule has 1 aromatic heterocycles. The molecule has 2 N–H and O–H groups in total. The number of amides is 1. The van der Waals surface area contributed by atoms with Gasteiger partial charge in [0.15, 0.2) is 9.84 Å². The van der Waals surface area contributed by atoms with Crippen molar-refractivity contribution in [2.45, 2.75) is 5.75 Å². The minimum atomic E-state index is -3.16. The van der Waals surface area contributed by atoms with Crippen molar-refractivity contribution in [3.05, 3.63) is 48.0 Å². The Morgan fingerprint density at radius 2 is 2.11 bits per heavy atom. The summed E-state index contributed by atoms with van der Waals surface area (Å²) in [5, 5.41) is 2.66. The molecule has 0 aliphatic heterocycles. The quantitative estimate of drug-likeness (QED) is 0.879. The fraction of sp³-hybridized carbons (Fsp3) is 0.167. The number of carbonyl (C=O) groups excluding carboxylic acids is 1. The van der Waals surface area contributed by atoms with Crippen molar-refractivity contribution in [2.75, 3.05) is 11.6 Å². The second kappa shape index (κ2) is 5.23. The van der Waals surface area contributed by atoms with Gasteiger partial charge in [-0.3, -0.25) is 4.79 Å². The summed E-state index contributed by atoms with van der Waals surface area (Å²) in [6, 6.07) is 6.79. The van der Waals surface area contributed by atoms with Gasteiger partial charge in [-0.2, -0.15) is 0 Å².